The lowest BCUT2D eigenvalue weighted by Gasteiger charge is -2.12. The van der Waals surface area contributed by atoms with Gasteiger partial charge in [-0.2, -0.15) is 0 Å². The Morgan fingerprint density at radius 1 is 1.03 bits per heavy atom. The highest BCUT2D eigenvalue weighted by Gasteiger charge is 2.36. The first-order chi connectivity index (χ1) is 18.1. The average molecular weight is 575 g/mol. The van der Waals surface area contributed by atoms with E-state index < -0.39 is 35.4 Å². The number of hydrogen-bond acceptors (Lipinski definition) is 6. The van der Waals surface area contributed by atoms with Gasteiger partial charge in [0.15, 0.2) is 5.75 Å². The summed E-state index contributed by atoms with van der Waals surface area (Å²) in [4.78, 5) is 49.3. The van der Waals surface area contributed by atoms with Crippen LogP contribution in [0.15, 0.2) is 65.6 Å². The number of ether oxygens (including phenoxy) is 1. The van der Waals surface area contributed by atoms with Crippen LogP contribution in [0, 0.1) is 5.82 Å². The zero-order valence-corrected chi connectivity index (χ0v) is 21.6. The van der Waals surface area contributed by atoms with Gasteiger partial charge < -0.3 is 15.2 Å². The predicted molar refractivity (Wildman–Crippen MR) is 142 cm³/mol. The summed E-state index contributed by atoms with van der Waals surface area (Å²) in [5.74, 6) is -2.59. The van der Waals surface area contributed by atoms with Crippen molar-refractivity contribution in [1.29, 1.82) is 0 Å². The van der Waals surface area contributed by atoms with Crippen LogP contribution in [0.4, 0.5) is 14.9 Å². The van der Waals surface area contributed by atoms with Gasteiger partial charge in [0, 0.05) is 5.69 Å². The van der Waals surface area contributed by atoms with Crippen LogP contribution < -0.4 is 10.1 Å². The van der Waals surface area contributed by atoms with Crippen LogP contribution in [0.25, 0.3) is 6.08 Å². The lowest BCUT2D eigenvalue weighted by Crippen LogP contribution is -2.36. The Kier molecular flexibility index (Phi) is 8.35. The molecule has 1 aliphatic heterocycles. The monoisotopic (exact) mass is 574 g/mol. The molecule has 3 aromatic carbocycles. The molecule has 2 N–H and O–H groups in total. The molecular formula is C26H17Cl2FN2O6S. The van der Waals surface area contributed by atoms with Gasteiger partial charge in [-0.15, -0.1) is 0 Å². The Balaban J connectivity index is 1.42. The van der Waals surface area contributed by atoms with Gasteiger partial charge in [0.2, 0.25) is 5.91 Å². The number of carboxylic acids is 1. The Labute approximate surface area is 230 Å². The van der Waals surface area contributed by atoms with Crippen molar-refractivity contribution in [1.82, 2.24) is 4.90 Å². The first kappa shape index (κ1) is 27.2. The number of thioether (sulfide) groups is 1. The summed E-state index contributed by atoms with van der Waals surface area (Å²) in [6.45, 7) is -0.432. The van der Waals surface area contributed by atoms with E-state index in [1.807, 2.05) is 0 Å². The van der Waals surface area contributed by atoms with E-state index in [2.05, 4.69) is 5.32 Å². The molecule has 8 nitrogen and oxygen atoms in total. The summed E-state index contributed by atoms with van der Waals surface area (Å²) in [5.41, 5.74) is 1.60. The van der Waals surface area contributed by atoms with Crippen LogP contribution in [0.2, 0.25) is 10.0 Å². The maximum absolute atomic E-state index is 13.0. The predicted octanol–water partition coefficient (Wildman–Crippen LogP) is 6.08. The number of carbonyl (C=O) groups is 4. The van der Waals surface area contributed by atoms with Crippen molar-refractivity contribution in [3.05, 3.63) is 98.1 Å². The van der Waals surface area contributed by atoms with Gasteiger partial charge >= 0.3 is 5.97 Å². The number of nitrogens with one attached hydrogen (secondary N) is 1. The van der Waals surface area contributed by atoms with Crippen molar-refractivity contribution in [2.75, 3.05) is 11.9 Å². The van der Waals surface area contributed by atoms with Crippen LogP contribution in [-0.4, -0.2) is 39.6 Å². The summed E-state index contributed by atoms with van der Waals surface area (Å²) in [5, 5.41) is 11.2. The number of rotatable bonds is 8. The molecule has 0 aromatic heterocycles. The first-order valence-electron chi connectivity index (χ1n) is 10.9. The molecule has 12 heteroatoms. The normalized spacial score (nSPS) is 14.2. The van der Waals surface area contributed by atoms with Crippen LogP contribution in [0.5, 0.6) is 5.75 Å². The van der Waals surface area contributed by atoms with E-state index in [1.165, 1.54) is 54.6 Å². The maximum Gasteiger partial charge on any atom is 0.335 e. The smallest absolute Gasteiger partial charge is 0.335 e. The molecule has 0 unspecified atom stereocenters. The molecule has 194 valence electrons. The molecule has 0 saturated carbocycles. The van der Waals surface area contributed by atoms with Crippen molar-refractivity contribution in [3.63, 3.8) is 0 Å². The third kappa shape index (κ3) is 6.52. The second-order valence-corrected chi connectivity index (χ2v) is 9.73. The van der Waals surface area contributed by atoms with Crippen LogP contribution >= 0.6 is 35.0 Å². The summed E-state index contributed by atoms with van der Waals surface area (Å²) < 4.78 is 18.7. The van der Waals surface area contributed by atoms with Crippen molar-refractivity contribution >= 4 is 69.8 Å². The molecule has 3 amide bonds. The number of amides is 3. The second kappa shape index (κ2) is 11.7. The van der Waals surface area contributed by atoms with Crippen molar-refractivity contribution in [2.45, 2.75) is 6.61 Å². The molecule has 1 fully saturated rings. The van der Waals surface area contributed by atoms with Crippen molar-refractivity contribution < 1.29 is 33.4 Å². The quantitative estimate of drug-likeness (QED) is 0.313. The molecule has 1 saturated heterocycles. The van der Waals surface area contributed by atoms with E-state index in [4.69, 9.17) is 33.0 Å². The number of nitrogens with zero attached hydrogens (tertiary/aromatic N) is 1. The molecule has 0 bridgehead atoms. The van der Waals surface area contributed by atoms with Crippen LogP contribution in [-0.2, 0) is 16.2 Å². The number of aromatic carboxylic acids is 1. The van der Waals surface area contributed by atoms with E-state index in [-0.39, 0.29) is 32.9 Å². The molecule has 4 rings (SSSR count). The SMILES string of the molecule is O=C(CN1C(=O)S/C(=C\c2cc(Cl)c(OCc3ccc(C(=O)O)cc3)c(Cl)c2)C1=O)Nc1ccc(F)cc1. The molecule has 1 heterocycles. The number of benzene rings is 3. The highest BCUT2D eigenvalue weighted by molar-refractivity contribution is 8.18. The van der Waals surface area contributed by atoms with Gasteiger partial charge in [-0.3, -0.25) is 19.3 Å². The fourth-order valence-corrected chi connectivity index (χ4v) is 4.82. The average Bonchev–Trinajstić information content (AvgIpc) is 3.12. The van der Waals surface area contributed by atoms with E-state index in [9.17, 15) is 23.6 Å². The fraction of sp³-hybridized carbons (Fsp3) is 0.0769. The summed E-state index contributed by atoms with van der Waals surface area (Å²) in [6.07, 6.45) is 1.43. The highest BCUT2D eigenvalue weighted by Crippen LogP contribution is 2.37. The topological polar surface area (TPSA) is 113 Å². The van der Waals surface area contributed by atoms with Gasteiger partial charge in [-0.1, -0.05) is 35.3 Å². The maximum atomic E-state index is 13.0. The van der Waals surface area contributed by atoms with Crippen LogP contribution in [0.1, 0.15) is 21.5 Å². The molecule has 3 aromatic rings. The Morgan fingerprint density at radius 2 is 1.66 bits per heavy atom. The molecule has 0 radical (unpaired) electrons. The molecule has 1 aliphatic rings. The largest absolute Gasteiger partial charge is 0.486 e. The van der Waals surface area contributed by atoms with Gasteiger partial charge in [-0.05, 0) is 77.5 Å². The van der Waals surface area contributed by atoms with Gasteiger partial charge in [0.05, 0.1) is 20.5 Å². The third-order valence-corrected chi connectivity index (χ3v) is 6.67. The number of carbonyl (C=O) groups excluding carboxylic acids is 3. The number of hydrogen-bond donors (Lipinski definition) is 2. The summed E-state index contributed by atoms with van der Waals surface area (Å²) >= 11 is 13.3. The van der Waals surface area contributed by atoms with Gasteiger partial charge in [0.1, 0.15) is 19.0 Å². The van der Waals surface area contributed by atoms with Gasteiger partial charge in [0.25, 0.3) is 11.1 Å². The zero-order chi connectivity index (χ0) is 27.4. The lowest BCUT2D eigenvalue weighted by atomic mass is 10.1. The standard InChI is InChI=1S/C26H17Cl2FN2O6S/c27-19-9-15(10-20(28)23(19)37-13-14-1-3-16(4-2-14)25(34)35)11-21-24(33)31(26(36)38-21)12-22(32)30-18-7-5-17(29)6-8-18/h1-11H,12-13H2,(H,30,32)(H,34,35)/b21-11-. The van der Waals surface area contributed by atoms with E-state index in [0.717, 1.165) is 4.90 Å². The van der Waals surface area contributed by atoms with Gasteiger partial charge in [-0.25, -0.2) is 9.18 Å². The zero-order valence-electron chi connectivity index (χ0n) is 19.2. The van der Waals surface area contributed by atoms with E-state index in [1.54, 1.807) is 12.1 Å². The molecule has 38 heavy (non-hydrogen) atoms. The Morgan fingerprint density at radius 3 is 2.26 bits per heavy atom. The Hall–Kier alpha value is -3.86. The molecule has 0 spiro atoms. The van der Waals surface area contributed by atoms with Crippen molar-refractivity contribution in [2.24, 2.45) is 0 Å². The molecule has 0 aliphatic carbocycles. The number of imide groups is 1. The lowest BCUT2D eigenvalue weighted by molar-refractivity contribution is -0.127. The molecular weight excluding hydrogens is 558 g/mol. The van der Waals surface area contributed by atoms with E-state index >= 15 is 0 Å². The third-order valence-electron chi connectivity index (χ3n) is 5.21. The second-order valence-electron chi connectivity index (χ2n) is 7.93. The minimum atomic E-state index is -1.04. The summed E-state index contributed by atoms with van der Waals surface area (Å²) in [7, 11) is 0. The van der Waals surface area contributed by atoms with Crippen LogP contribution in [0.3, 0.4) is 0 Å². The highest BCUT2D eigenvalue weighted by atomic mass is 35.5. The van der Waals surface area contributed by atoms with Crippen molar-refractivity contribution in [3.8, 4) is 5.75 Å². The minimum absolute atomic E-state index is 0.0731. The first-order valence-corrected chi connectivity index (χ1v) is 12.4. The number of halogens is 3. The number of anilines is 1. The summed E-state index contributed by atoms with van der Waals surface area (Å²) in [6, 6.07) is 14.2. The molecule has 0 atom stereocenters. The minimum Gasteiger partial charge on any atom is -0.486 e. The Bertz CT molecular complexity index is 1440. The number of carboxylic acid groups (broad SMARTS) is 1. The van der Waals surface area contributed by atoms with E-state index in [0.29, 0.717) is 28.6 Å². The fourth-order valence-electron chi connectivity index (χ4n) is 3.36.